The van der Waals surface area contributed by atoms with Gasteiger partial charge in [0.25, 0.3) is 0 Å². The summed E-state index contributed by atoms with van der Waals surface area (Å²) in [6, 6.07) is 3.47. The first-order chi connectivity index (χ1) is 12.2. The zero-order valence-corrected chi connectivity index (χ0v) is 15.1. The molecule has 0 saturated carbocycles. The number of rotatable bonds is 7. The quantitative estimate of drug-likeness (QED) is 0.731. The molecular formula is C16H21FN2O6S. The predicted octanol–water partition coefficient (Wildman–Crippen LogP) is 0.538. The first-order valence-corrected chi connectivity index (χ1v) is 9.49. The van der Waals surface area contributed by atoms with E-state index >= 15 is 0 Å². The maximum atomic E-state index is 12.9. The number of carboxylic acids is 1. The second-order valence-corrected chi connectivity index (χ2v) is 7.95. The Labute approximate surface area is 151 Å². The fourth-order valence-electron chi connectivity index (χ4n) is 2.61. The molecule has 0 spiro atoms. The van der Waals surface area contributed by atoms with Crippen LogP contribution in [0.2, 0.25) is 0 Å². The summed E-state index contributed by atoms with van der Waals surface area (Å²) < 4.78 is 43.8. The number of carbonyl (C=O) groups excluding carboxylic acids is 1. The highest BCUT2D eigenvalue weighted by Gasteiger charge is 2.32. The van der Waals surface area contributed by atoms with Gasteiger partial charge < -0.3 is 14.7 Å². The van der Waals surface area contributed by atoms with Crippen molar-refractivity contribution in [3.8, 4) is 0 Å². The summed E-state index contributed by atoms with van der Waals surface area (Å²) >= 11 is 0. The third-order valence-electron chi connectivity index (χ3n) is 4.12. The third-order valence-corrected chi connectivity index (χ3v) is 5.99. The van der Waals surface area contributed by atoms with Gasteiger partial charge in [-0.05, 0) is 30.7 Å². The normalized spacial score (nSPS) is 18.1. The zero-order chi connectivity index (χ0) is 19.3. The molecule has 0 aliphatic carbocycles. The number of ether oxygens (including phenoxy) is 1. The third kappa shape index (κ3) is 4.77. The maximum Gasteiger partial charge on any atom is 0.328 e. The van der Waals surface area contributed by atoms with Gasteiger partial charge in [0.15, 0.2) is 6.04 Å². The van der Waals surface area contributed by atoms with Crippen molar-refractivity contribution < 1.29 is 32.2 Å². The monoisotopic (exact) mass is 388 g/mol. The number of hydrogen-bond acceptors (Lipinski definition) is 5. The molecule has 0 bridgehead atoms. The van der Waals surface area contributed by atoms with Crippen molar-refractivity contribution >= 4 is 21.9 Å². The van der Waals surface area contributed by atoms with Crippen molar-refractivity contribution in [2.45, 2.75) is 23.8 Å². The van der Waals surface area contributed by atoms with E-state index in [0.717, 1.165) is 16.4 Å². The molecule has 1 unspecified atom stereocenters. The number of amides is 1. The SMILES string of the molecule is CN(CCCC(=O)N1CCOCC1C(=O)O)S(=O)(=O)c1ccc(F)cc1. The Kier molecular flexibility index (Phi) is 6.68. The number of morpholine rings is 1. The van der Waals surface area contributed by atoms with E-state index in [2.05, 4.69) is 0 Å². The van der Waals surface area contributed by atoms with Crippen LogP contribution >= 0.6 is 0 Å². The molecule has 144 valence electrons. The Hall–Kier alpha value is -2.04. The second-order valence-electron chi connectivity index (χ2n) is 5.90. The van der Waals surface area contributed by atoms with Gasteiger partial charge in [0.1, 0.15) is 5.82 Å². The zero-order valence-electron chi connectivity index (χ0n) is 14.3. The average Bonchev–Trinajstić information content (AvgIpc) is 2.61. The molecule has 1 saturated heterocycles. The van der Waals surface area contributed by atoms with Crippen LogP contribution in [0.3, 0.4) is 0 Å². The minimum absolute atomic E-state index is 0.0209. The Morgan fingerprint density at radius 3 is 2.62 bits per heavy atom. The highest BCUT2D eigenvalue weighted by atomic mass is 32.2. The first kappa shape index (κ1) is 20.3. The Balaban J connectivity index is 1.90. The average molecular weight is 388 g/mol. The van der Waals surface area contributed by atoms with Gasteiger partial charge in [0.05, 0.1) is 18.1 Å². The molecule has 1 aliphatic heterocycles. The predicted molar refractivity (Wildman–Crippen MR) is 89.4 cm³/mol. The van der Waals surface area contributed by atoms with Crippen molar-refractivity contribution in [3.05, 3.63) is 30.1 Å². The van der Waals surface area contributed by atoms with Gasteiger partial charge in [0.2, 0.25) is 15.9 Å². The van der Waals surface area contributed by atoms with E-state index in [9.17, 15) is 22.4 Å². The van der Waals surface area contributed by atoms with Crippen molar-refractivity contribution in [1.82, 2.24) is 9.21 Å². The molecule has 1 aromatic rings. The minimum atomic E-state index is -3.78. The van der Waals surface area contributed by atoms with Crippen LogP contribution in [0.4, 0.5) is 4.39 Å². The molecule has 1 aromatic carbocycles. The van der Waals surface area contributed by atoms with Gasteiger partial charge in [-0.25, -0.2) is 21.9 Å². The number of carboxylic acid groups (broad SMARTS) is 1. The number of aliphatic carboxylic acids is 1. The maximum absolute atomic E-state index is 12.9. The van der Waals surface area contributed by atoms with Crippen LogP contribution in [0.1, 0.15) is 12.8 Å². The standard InChI is InChI=1S/C16H21FN2O6S/c1-18(26(23,24)13-6-4-12(17)5-7-13)8-2-3-15(20)19-9-10-25-11-14(19)16(21)22/h4-7,14H,2-3,8-11H2,1H3,(H,21,22). The Morgan fingerprint density at radius 1 is 1.35 bits per heavy atom. The fourth-order valence-corrected chi connectivity index (χ4v) is 3.82. The number of sulfonamides is 1. The largest absolute Gasteiger partial charge is 0.480 e. The van der Waals surface area contributed by atoms with Crippen molar-refractivity contribution in [2.24, 2.45) is 0 Å². The lowest BCUT2D eigenvalue weighted by molar-refractivity contribution is -0.158. The molecular weight excluding hydrogens is 367 g/mol. The van der Waals surface area contributed by atoms with Gasteiger partial charge in [-0.15, -0.1) is 0 Å². The number of halogens is 1. The summed E-state index contributed by atoms with van der Waals surface area (Å²) in [6.45, 7) is 0.487. The van der Waals surface area contributed by atoms with E-state index in [0.29, 0.717) is 0 Å². The first-order valence-electron chi connectivity index (χ1n) is 8.05. The van der Waals surface area contributed by atoms with Crippen molar-refractivity contribution in [3.63, 3.8) is 0 Å². The summed E-state index contributed by atoms with van der Waals surface area (Å²) in [5.74, 6) is -2.02. The van der Waals surface area contributed by atoms with E-state index in [-0.39, 0.29) is 49.9 Å². The van der Waals surface area contributed by atoms with E-state index in [1.54, 1.807) is 0 Å². The Morgan fingerprint density at radius 2 is 2.00 bits per heavy atom. The lowest BCUT2D eigenvalue weighted by Gasteiger charge is -2.33. The molecule has 1 aliphatic rings. The van der Waals surface area contributed by atoms with Crippen LogP contribution in [-0.2, 0) is 24.3 Å². The van der Waals surface area contributed by atoms with Gasteiger partial charge >= 0.3 is 5.97 Å². The van der Waals surface area contributed by atoms with Crippen LogP contribution in [0.5, 0.6) is 0 Å². The van der Waals surface area contributed by atoms with Crippen LogP contribution in [-0.4, -0.2) is 74.0 Å². The Bertz CT molecular complexity index is 753. The molecule has 1 N–H and O–H groups in total. The number of carbonyl (C=O) groups is 2. The second kappa shape index (κ2) is 8.56. The summed E-state index contributed by atoms with van der Waals surface area (Å²) in [5.41, 5.74) is 0. The van der Waals surface area contributed by atoms with E-state index in [1.807, 2.05) is 0 Å². The molecule has 0 radical (unpaired) electrons. The summed E-state index contributed by atoms with van der Waals surface area (Å²) in [4.78, 5) is 24.6. The highest BCUT2D eigenvalue weighted by Crippen LogP contribution is 2.16. The van der Waals surface area contributed by atoms with Crippen LogP contribution in [0.25, 0.3) is 0 Å². The molecule has 26 heavy (non-hydrogen) atoms. The van der Waals surface area contributed by atoms with E-state index in [4.69, 9.17) is 9.84 Å². The number of benzene rings is 1. The molecule has 1 fully saturated rings. The van der Waals surface area contributed by atoms with Crippen LogP contribution < -0.4 is 0 Å². The molecule has 10 heteroatoms. The lowest BCUT2D eigenvalue weighted by Crippen LogP contribution is -2.52. The van der Waals surface area contributed by atoms with E-state index < -0.39 is 27.9 Å². The van der Waals surface area contributed by atoms with Gasteiger partial charge in [-0.3, -0.25) is 4.79 Å². The van der Waals surface area contributed by atoms with Crippen molar-refractivity contribution in [2.75, 3.05) is 33.4 Å². The summed E-state index contributed by atoms with van der Waals surface area (Å²) in [6.07, 6.45) is 0.256. The fraction of sp³-hybridized carbons (Fsp3) is 0.500. The number of hydrogen-bond donors (Lipinski definition) is 1. The highest BCUT2D eigenvalue weighted by molar-refractivity contribution is 7.89. The molecule has 0 aromatic heterocycles. The van der Waals surface area contributed by atoms with E-state index in [1.165, 1.54) is 24.1 Å². The summed E-state index contributed by atoms with van der Waals surface area (Å²) in [7, 11) is -2.40. The number of nitrogens with zero attached hydrogens (tertiary/aromatic N) is 2. The molecule has 2 rings (SSSR count). The van der Waals surface area contributed by atoms with Crippen molar-refractivity contribution in [1.29, 1.82) is 0 Å². The van der Waals surface area contributed by atoms with Gasteiger partial charge in [-0.2, -0.15) is 0 Å². The van der Waals surface area contributed by atoms with Gasteiger partial charge in [0, 0.05) is 26.6 Å². The van der Waals surface area contributed by atoms with Crippen LogP contribution in [0, 0.1) is 5.82 Å². The smallest absolute Gasteiger partial charge is 0.328 e. The molecule has 1 heterocycles. The minimum Gasteiger partial charge on any atom is -0.480 e. The topological polar surface area (TPSA) is 104 Å². The summed E-state index contributed by atoms with van der Waals surface area (Å²) in [5, 5.41) is 9.14. The van der Waals surface area contributed by atoms with Crippen LogP contribution in [0.15, 0.2) is 29.2 Å². The molecule has 1 atom stereocenters. The lowest BCUT2D eigenvalue weighted by atomic mass is 10.2. The molecule has 1 amide bonds. The van der Waals surface area contributed by atoms with Gasteiger partial charge in [-0.1, -0.05) is 0 Å². The molecule has 8 nitrogen and oxygen atoms in total.